The number of benzene rings is 4. The molecule has 0 aliphatic heterocycles. The van der Waals surface area contributed by atoms with Crippen LogP contribution in [0.5, 0.6) is 0 Å². The maximum atomic E-state index is 2.36. The molecule has 2 nitrogen and oxygen atoms in total. The predicted octanol–water partition coefficient (Wildman–Crippen LogP) is 11.8. The molecule has 0 spiro atoms. The number of anilines is 4. The molecule has 0 aliphatic carbocycles. The molecule has 0 amide bonds. The van der Waals surface area contributed by atoms with E-state index in [-0.39, 0.29) is 21.7 Å². The van der Waals surface area contributed by atoms with Gasteiger partial charge in [-0.1, -0.05) is 132 Å². The highest BCUT2D eigenvalue weighted by Crippen LogP contribution is 2.40. The first-order chi connectivity index (χ1) is 19.4. The Bertz CT molecular complexity index is 1220. The molecule has 4 aromatic rings. The Hall–Kier alpha value is -3.52. The van der Waals surface area contributed by atoms with Crippen molar-refractivity contribution in [3.05, 3.63) is 119 Å². The summed E-state index contributed by atoms with van der Waals surface area (Å²) >= 11 is 0. The van der Waals surface area contributed by atoms with Crippen molar-refractivity contribution >= 4 is 22.7 Å². The molecule has 4 aromatic carbocycles. The molecule has 0 bridgehead atoms. The van der Waals surface area contributed by atoms with Gasteiger partial charge in [0, 0.05) is 0 Å². The van der Waals surface area contributed by atoms with Gasteiger partial charge in [-0.2, -0.15) is 0 Å². The third kappa shape index (κ3) is 7.09. The highest BCUT2D eigenvalue weighted by molar-refractivity contribution is 5.78. The molecule has 222 valence electrons. The Kier molecular flexibility index (Phi) is 8.44. The molecule has 0 N–H and O–H groups in total. The molecule has 0 radical (unpaired) electrons. The minimum atomic E-state index is 0.0863. The number of nitrogens with zero attached hydrogens (tertiary/aromatic N) is 2. The van der Waals surface area contributed by atoms with Crippen molar-refractivity contribution in [1.82, 2.24) is 0 Å². The summed E-state index contributed by atoms with van der Waals surface area (Å²) in [7, 11) is 0. The van der Waals surface area contributed by atoms with Crippen LogP contribution >= 0.6 is 0 Å². The maximum absolute atomic E-state index is 2.36. The van der Waals surface area contributed by atoms with E-state index in [0.717, 1.165) is 22.7 Å². The zero-order valence-corrected chi connectivity index (χ0v) is 28.1. The smallest absolute Gasteiger partial charge is 0.0637 e. The van der Waals surface area contributed by atoms with Gasteiger partial charge in [-0.25, -0.2) is 10.0 Å². The fraction of sp³-hybridized carbons (Fsp3) is 0.400. The topological polar surface area (TPSA) is 6.48 Å². The summed E-state index contributed by atoms with van der Waals surface area (Å²) in [6.07, 6.45) is 0. The lowest BCUT2D eigenvalue weighted by Gasteiger charge is -2.39. The monoisotopic (exact) mass is 560 g/mol. The van der Waals surface area contributed by atoms with Crippen LogP contribution in [0.25, 0.3) is 0 Å². The van der Waals surface area contributed by atoms with Gasteiger partial charge in [-0.3, -0.25) is 0 Å². The van der Waals surface area contributed by atoms with E-state index in [0.29, 0.717) is 0 Å². The quantitative estimate of drug-likeness (QED) is 0.224. The average Bonchev–Trinajstić information content (AvgIpc) is 2.90. The van der Waals surface area contributed by atoms with Gasteiger partial charge in [0.1, 0.15) is 0 Å². The number of hydrazine groups is 1. The highest BCUT2D eigenvalue weighted by Gasteiger charge is 2.25. The summed E-state index contributed by atoms with van der Waals surface area (Å²) in [6.45, 7) is 27.2. The van der Waals surface area contributed by atoms with Crippen molar-refractivity contribution in [3.63, 3.8) is 0 Å². The Balaban J connectivity index is 1.95. The van der Waals surface area contributed by atoms with Gasteiger partial charge in [0.05, 0.1) is 22.7 Å². The van der Waals surface area contributed by atoms with Crippen LogP contribution in [0.3, 0.4) is 0 Å². The average molecular weight is 561 g/mol. The van der Waals surface area contributed by atoms with E-state index in [1.807, 2.05) is 0 Å². The summed E-state index contributed by atoms with van der Waals surface area (Å²) in [5, 5.41) is 4.72. The predicted molar refractivity (Wildman–Crippen MR) is 185 cm³/mol. The molecule has 42 heavy (non-hydrogen) atoms. The Labute approximate surface area is 256 Å². The van der Waals surface area contributed by atoms with Gasteiger partial charge in [0.15, 0.2) is 0 Å². The van der Waals surface area contributed by atoms with E-state index < -0.39 is 0 Å². The first kappa shape index (κ1) is 31.4. The molecule has 0 saturated carbocycles. The molecule has 0 aromatic heterocycles. The SMILES string of the molecule is CC(C)(C)c1ccc(N(c2ccc(C(C)(C)C)cc2)N(c2ccc(C(C)(C)C)cc2)c2ccc(C(C)(C)C)cc2)cc1. The van der Waals surface area contributed by atoms with Crippen LogP contribution in [0, 0.1) is 0 Å². The summed E-state index contributed by atoms with van der Waals surface area (Å²) in [5.74, 6) is 0. The van der Waals surface area contributed by atoms with E-state index >= 15 is 0 Å². The zero-order valence-electron chi connectivity index (χ0n) is 28.1. The van der Waals surface area contributed by atoms with Gasteiger partial charge < -0.3 is 0 Å². The van der Waals surface area contributed by atoms with Crippen LogP contribution in [-0.4, -0.2) is 0 Å². The van der Waals surface area contributed by atoms with E-state index in [1.165, 1.54) is 22.3 Å². The van der Waals surface area contributed by atoms with Gasteiger partial charge >= 0.3 is 0 Å². The third-order valence-electron chi connectivity index (χ3n) is 8.11. The lowest BCUT2D eigenvalue weighted by atomic mass is 9.86. The van der Waals surface area contributed by atoms with Gasteiger partial charge in [-0.05, 0) is 92.4 Å². The minimum Gasteiger partial charge on any atom is -0.249 e. The van der Waals surface area contributed by atoms with Gasteiger partial charge in [0.2, 0.25) is 0 Å². The zero-order chi connectivity index (χ0) is 31.1. The van der Waals surface area contributed by atoms with Crippen LogP contribution in [0.4, 0.5) is 22.7 Å². The van der Waals surface area contributed by atoms with Crippen molar-refractivity contribution in [2.24, 2.45) is 0 Å². The molecule has 0 saturated heterocycles. The molecule has 0 heterocycles. The second kappa shape index (κ2) is 11.3. The fourth-order valence-electron chi connectivity index (χ4n) is 5.17. The van der Waals surface area contributed by atoms with Gasteiger partial charge in [0.25, 0.3) is 0 Å². The number of rotatable bonds is 5. The van der Waals surface area contributed by atoms with E-state index in [9.17, 15) is 0 Å². The molecular weight excluding hydrogens is 508 g/mol. The van der Waals surface area contributed by atoms with Crippen molar-refractivity contribution in [3.8, 4) is 0 Å². The second-order valence-corrected chi connectivity index (χ2v) is 15.8. The summed E-state index contributed by atoms with van der Waals surface area (Å²) < 4.78 is 0. The second-order valence-electron chi connectivity index (χ2n) is 15.8. The summed E-state index contributed by atoms with van der Waals surface area (Å²) in [6, 6.07) is 36.3. The van der Waals surface area contributed by atoms with Crippen LogP contribution in [-0.2, 0) is 21.7 Å². The molecule has 0 atom stereocenters. The fourth-order valence-corrected chi connectivity index (χ4v) is 5.17. The standard InChI is InChI=1S/C40H52N2/c1-37(2,3)29-13-21-33(22-14-29)41(34-23-15-30(16-24-34)38(4,5)6)42(35-25-17-31(18-26-35)39(7,8)9)36-27-19-32(20-28-36)40(10,11)12/h13-28H,1-12H3. The normalized spacial score (nSPS) is 12.8. The summed E-state index contributed by atoms with van der Waals surface area (Å²) in [4.78, 5) is 0. The lowest BCUT2D eigenvalue weighted by Crippen LogP contribution is -2.36. The first-order valence-corrected chi connectivity index (χ1v) is 15.4. The van der Waals surface area contributed by atoms with Crippen LogP contribution in [0.15, 0.2) is 97.1 Å². The van der Waals surface area contributed by atoms with Crippen LogP contribution < -0.4 is 10.0 Å². The van der Waals surface area contributed by atoms with Crippen molar-refractivity contribution in [2.75, 3.05) is 10.0 Å². The Morgan fingerprint density at radius 1 is 0.262 bits per heavy atom. The Morgan fingerprint density at radius 3 is 0.524 bits per heavy atom. The van der Waals surface area contributed by atoms with Crippen LogP contribution in [0.1, 0.15) is 105 Å². The molecule has 4 rings (SSSR count). The van der Waals surface area contributed by atoms with Crippen molar-refractivity contribution in [2.45, 2.75) is 105 Å². The van der Waals surface area contributed by atoms with E-state index in [1.54, 1.807) is 0 Å². The Morgan fingerprint density at radius 2 is 0.405 bits per heavy atom. The number of hydrogen-bond donors (Lipinski definition) is 0. The molecule has 0 unspecified atom stereocenters. The van der Waals surface area contributed by atoms with E-state index in [2.05, 4.69) is 190 Å². The first-order valence-electron chi connectivity index (χ1n) is 15.4. The lowest BCUT2D eigenvalue weighted by molar-refractivity contribution is 0.589. The molecule has 0 fully saturated rings. The highest BCUT2D eigenvalue weighted by atomic mass is 15.6. The van der Waals surface area contributed by atoms with Crippen LogP contribution in [0.2, 0.25) is 0 Å². The third-order valence-corrected chi connectivity index (χ3v) is 8.11. The molecular formula is C40H52N2. The maximum Gasteiger partial charge on any atom is 0.0637 e. The van der Waals surface area contributed by atoms with Gasteiger partial charge in [-0.15, -0.1) is 0 Å². The minimum absolute atomic E-state index is 0.0863. The molecule has 2 heteroatoms. The number of hydrogen-bond acceptors (Lipinski definition) is 2. The molecule has 0 aliphatic rings. The summed E-state index contributed by atoms with van der Waals surface area (Å²) in [5.41, 5.74) is 10.1. The van der Waals surface area contributed by atoms with E-state index in [4.69, 9.17) is 0 Å². The van der Waals surface area contributed by atoms with Crippen molar-refractivity contribution < 1.29 is 0 Å². The van der Waals surface area contributed by atoms with Crippen molar-refractivity contribution in [1.29, 1.82) is 0 Å². The largest absolute Gasteiger partial charge is 0.249 e.